The normalized spacial score (nSPS) is 11.6. The van der Waals surface area contributed by atoms with E-state index in [2.05, 4.69) is 211 Å². The Morgan fingerprint density at radius 3 is 1.39 bits per heavy atom. The molecule has 0 bridgehead atoms. The molecular formula is C54H35NO. The molecule has 0 saturated carbocycles. The predicted octanol–water partition coefficient (Wildman–Crippen LogP) is 15.5. The number of hydrogen-bond donors (Lipinski definition) is 0. The van der Waals surface area contributed by atoms with Gasteiger partial charge in [-0.15, -0.1) is 0 Å². The van der Waals surface area contributed by atoms with Crippen LogP contribution in [0.1, 0.15) is 0 Å². The Balaban J connectivity index is 1.08. The van der Waals surface area contributed by atoms with Crippen molar-refractivity contribution >= 4 is 71.3 Å². The van der Waals surface area contributed by atoms with E-state index in [0.29, 0.717) is 0 Å². The first-order chi connectivity index (χ1) is 27.8. The number of anilines is 3. The Labute approximate surface area is 325 Å². The number of nitrogens with zero attached hydrogens (tertiary/aromatic N) is 1. The summed E-state index contributed by atoms with van der Waals surface area (Å²) in [6.45, 7) is 0. The van der Waals surface area contributed by atoms with Crippen molar-refractivity contribution in [3.05, 3.63) is 212 Å². The lowest BCUT2D eigenvalue weighted by molar-refractivity contribution is 0.672. The summed E-state index contributed by atoms with van der Waals surface area (Å²) >= 11 is 0. The smallest absolute Gasteiger partial charge is 0.143 e. The van der Waals surface area contributed by atoms with Crippen LogP contribution in [0.15, 0.2) is 217 Å². The Bertz CT molecular complexity index is 3110. The van der Waals surface area contributed by atoms with Gasteiger partial charge in [-0.3, -0.25) is 0 Å². The molecule has 1 aromatic heterocycles. The molecule has 0 N–H and O–H groups in total. The van der Waals surface area contributed by atoms with Crippen LogP contribution >= 0.6 is 0 Å². The van der Waals surface area contributed by atoms with Gasteiger partial charge >= 0.3 is 0 Å². The van der Waals surface area contributed by atoms with Crippen molar-refractivity contribution in [2.24, 2.45) is 0 Å². The van der Waals surface area contributed by atoms with Gasteiger partial charge in [-0.1, -0.05) is 170 Å². The quantitative estimate of drug-likeness (QED) is 0.171. The largest absolute Gasteiger partial charge is 0.455 e. The van der Waals surface area contributed by atoms with Crippen LogP contribution in [0.3, 0.4) is 0 Å². The van der Waals surface area contributed by atoms with Crippen molar-refractivity contribution in [2.75, 3.05) is 4.90 Å². The highest BCUT2D eigenvalue weighted by atomic mass is 16.3. The topological polar surface area (TPSA) is 16.4 Å². The van der Waals surface area contributed by atoms with Gasteiger partial charge in [0, 0.05) is 33.1 Å². The second-order valence-corrected chi connectivity index (χ2v) is 14.4. The molecule has 0 saturated heterocycles. The minimum absolute atomic E-state index is 0.908. The molecule has 0 unspecified atom stereocenters. The summed E-state index contributed by atoms with van der Waals surface area (Å²) in [6, 6.07) is 76.5. The summed E-state index contributed by atoms with van der Waals surface area (Å²) in [4.78, 5) is 2.40. The molecule has 0 atom stereocenters. The van der Waals surface area contributed by atoms with Gasteiger partial charge in [0.1, 0.15) is 11.2 Å². The summed E-state index contributed by atoms with van der Waals surface area (Å²) < 4.78 is 6.51. The van der Waals surface area contributed by atoms with Crippen molar-refractivity contribution in [2.45, 2.75) is 0 Å². The zero-order valence-electron chi connectivity index (χ0n) is 30.6. The van der Waals surface area contributed by atoms with E-state index >= 15 is 0 Å². The molecule has 0 amide bonds. The van der Waals surface area contributed by atoms with Crippen LogP contribution in [0.5, 0.6) is 0 Å². The lowest BCUT2D eigenvalue weighted by Gasteiger charge is -2.28. The van der Waals surface area contributed by atoms with Gasteiger partial charge in [0.25, 0.3) is 0 Å². The molecule has 0 fully saturated rings. The van der Waals surface area contributed by atoms with Gasteiger partial charge in [0.2, 0.25) is 0 Å². The lowest BCUT2D eigenvalue weighted by Crippen LogP contribution is -2.11. The van der Waals surface area contributed by atoms with E-state index in [1.165, 1.54) is 43.8 Å². The van der Waals surface area contributed by atoms with E-state index < -0.39 is 0 Å². The first kappa shape index (κ1) is 32.0. The Kier molecular flexibility index (Phi) is 7.53. The molecule has 2 nitrogen and oxygen atoms in total. The van der Waals surface area contributed by atoms with Crippen molar-refractivity contribution < 1.29 is 4.42 Å². The number of para-hydroxylation sites is 2. The molecule has 0 aliphatic heterocycles. The third-order valence-electron chi connectivity index (χ3n) is 11.3. The molecule has 11 rings (SSSR count). The van der Waals surface area contributed by atoms with E-state index in [1.54, 1.807) is 0 Å². The number of hydrogen-bond acceptors (Lipinski definition) is 2. The second-order valence-electron chi connectivity index (χ2n) is 14.4. The van der Waals surface area contributed by atoms with Crippen molar-refractivity contribution in [3.63, 3.8) is 0 Å². The highest BCUT2D eigenvalue weighted by molar-refractivity contribution is 6.18. The molecule has 56 heavy (non-hydrogen) atoms. The SMILES string of the molecule is c1ccc(N(c2ccc(-c3cccc4ccccc34)cc2)c2ccc(-c3cccc4ccccc34)cc2)c(-c2cccc3c2ccc2c4ccccc4oc32)c1. The van der Waals surface area contributed by atoms with Crippen molar-refractivity contribution in [1.29, 1.82) is 0 Å². The van der Waals surface area contributed by atoms with Gasteiger partial charge in [-0.25, -0.2) is 0 Å². The minimum Gasteiger partial charge on any atom is -0.455 e. The Morgan fingerprint density at radius 1 is 0.286 bits per heavy atom. The summed E-state index contributed by atoms with van der Waals surface area (Å²) in [5.74, 6) is 0. The number of rotatable bonds is 6. The fourth-order valence-electron chi connectivity index (χ4n) is 8.63. The molecule has 10 aromatic carbocycles. The van der Waals surface area contributed by atoms with Gasteiger partial charge in [0.05, 0.1) is 5.69 Å². The fraction of sp³-hybridized carbons (Fsp3) is 0. The van der Waals surface area contributed by atoms with Gasteiger partial charge in [-0.05, 0) is 97.2 Å². The van der Waals surface area contributed by atoms with Gasteiger partial charge in [0.15, 0.2) is 0 Å². The van der Waals surface area contributed by atoms with E-state index in [0.717, 1.165) is 60.9 Å². The molecule has 0 radical (unpaired) electrons. The molecule has 0 spiro atoms. The molecule has 11 aromatic rings. The standard InChI is InChI=1S/C54H35NO/c1-3-16-42-36(12-1)14-9-20-44(42)38-26-30-40(31-27-38)55(41-32-28-39(29-33-41)45-21-10-15-37-13-2-4-17-43(37)45)52-24-7-5-18-48(52)46-22-11-23-50-47(46)34-35-51-49-19-6-8-25-53(49)56-54(50)51/h1-35H. The summed E-state index contributed by atoms with van der Waals surface area (Å²) in [5.41, 5.74) is 12.2. The van der Waals surface area contributed by atoms with E-state index in [4.69, 9.17) is 4.42 Å². The van der Waals surface area contributed by atoms with Crippen LogP contribution in [0.4, 0.5) is 17.1 Å². The summed E-state index contributed by atoms with van der Waals surface area (Å²) in [7, 11) is 0. The molecule has 1 heterocycles. The average Bonchev–Trinajstić information content (AvgIpc) is 3.66. The monoisotopic (exact) mass is 713 g/mol. The maximum Gasteiger partial charge on any atom is 0.143 e. The first-order valence-electron chi connectivity index (χ1n) is 19.2. The number of furan rings is 1. The van der Waals surface area contributed by atoms with Crippen molar-refractivity contribution in [3.8, 4) is 33.4 Å². The van der Waals surface area contributed by atoms with Gasteiger partial charge in [-0.2, -0.15) is 0 Å². The van der Waals surface area contributed by atoms with Gasteiger partial charge < -0.3 is 9.32 Å². The molecule has 2 heteroatoms. The zero-order chi connectivity index (χ0) is 37.0. The summed E-state index contributed by atoms with van der Waals surface area (Å²) in [6.07, 6.45) is 0. The Morgan fingerprint density at radius 2 is 0.732 bits per heavy atom. The number of benzene rings is 10. The third kappa shape index (κ3) is 5.26. The highest BCUT2D eigenvalue weighted by Gasteiger charge is 2.20. The third-order valence-corrected chi connectivity index (χ3v) is 11.3. The van der Waals surface area contributed by atoms with Crippen molar-refractivity contribution in [1.82, 2.24) is 0 Å². The van der Waals surface area contributed by atoms with Crippen LogP contribution in [0.2, 0.25) is 0 Å². The maximum absolute atomic E-state index is 6.51. The van der Waals surface area contributed by atoms with Crippen LogP contribution < -0.4 is 4.90 Å². The van der Waals surface area contributed by atoms with E-state index in [1.807, 2.05) is 6.07 Å². The fourth-order valence-corrected chi connectivity index (χ4v) is 8.63. The van der Waals surface area contributed by atoms with Crippen LogP contribution in [-0.2, 0) is 0 Å². The molecule has 0 aliphatic rings. The predicted molar refractivity (Wildman–Crippen MR) is 237 cm³/mol. The molecular weight excluding hydrogens is 679 g/mol. The number of fused-ring (bicyclic) bond motifs is 7. The zero-order valence-corrected chi connectivity index (χ0v) is 30.6. The van der Waals surface area contributed by atoms with Crippen LogP contribution in [0.25, 0.3) is 87.6 Å². The molecule has 0 aliphatic carbocycles. The van der Waals surface area contributed by atoms with E-state index in [9.17, 15) is 0 Å². The lowest BCUT2D eigenvalue weighted by atomic mass is 9.94. The summed E-state index contributed by atoms with van der Waals surface area (Å²) in [5, 5.41) is 9.53. The Hall–Kier alpha value is -7.42. The van der Waals surface area contributed by atoms with Crippen LogP contribution in [0, 0.1) is 0 Å². The maximum atomic E-state index is 6.51. The molecule has 262 valence electrons. The minimum atomic E-state index is 0.908. The highest BCUT2D eigenvalue weighted by Crippen LogP contribution is 2.45. The average molecular weight is 714 g/mol. The van der Waals surface area contributed by atoms with E-state index in [-0.39, 0.29) is 0 Å². The first-order valence-corrected chi connectivity index (χ1v) is 19.2. The second kappa shape index (κ2) is 13.2. The van der Waals surface area contributed by atoms with Crippen LogP contribution in [-0.4, -0.2) is 0 Å².